The highest BCUT2D eigenvalue weighted by atomic mass is 19.4. The maximum absolute atomic E-state index is 14.6. The molecule has 8 unspecified atom stereocenters. The van der Waals surface area contributed by atoms with Crippen molar-refractivity contribution >= 4 is 6.16 Å². The van der Waals surface area contributed by atoms with Gasteiger partial charge in [0.25, 0.3) is 0 Å². The summed E-state index contributed by atoms with van der Waals surface area (Å²) in [6.45, 7) is -0.805. The largest absolute Gasteiger partial charge is 0.508 e. The number of halogens is 10. The van der Waals surface area contributed by atoms with Crippen molar-refractivity contribution in [3.63, 3.8) is 0 Å². The van der Waals surface area contributed by atoms with Gasteiger partial charge in [-0.3, -0.25) is 9.97 Å². The smallest absolute Gasteiger partial charge is 0.495 e. The van der Waals surface area contributed by atoms with E-state index in [-0.39, 0.29) is 53.1 Å². The van der Waals surface area contributed by atoms with E-state index >= 15 is 0 Å². The zero-order valence-electron chi connectivity index (χ0n) is 35.4. The van der Waals surface area contributed by atoms with Gasteiger partial charge in [0.15, 0.2) is 6.10 Å². The average molecular weight is 971 g/mol. The second-order valence-electron chi connectivity index (χ2n) is 15.0. The lowest BCUT2D eigenvalue weighted by Gasteiger charge is -2.42. The third-order valence-electron chi connectivity index (χ3n) is 10.7. The van der Waals surface area contributed by atoms with Crippen LogP contribution in [0, 0.1) is 0 Å². The minimum absolute atomic E-state index is 0.0583. The van der Waals surface area contributed by atoms with Crippen LogP contribution in [0.25, 0.3) is 0 Å². The molecule has 0 bridgehead atoms. The molecule has 0 amide bonds. The van der Waals surface area contributed by atoms with Gasteiger partial charge < -0.3 is 54.0 Å². The van der Waals surface area contributed by atoms with Crippen LogP contribution < -0.4 is 9.47 Å². The molecule has 0 aliphatic carbocycles. The van der Waals surface area contributed by atoms with Crippen molar-refractivity contribution in [1.82, 2.24) is 9.97 Å². The van der Waals surface area contributed by atoms with Gasteiger partial charge in [0.2, 0.25) is 0 Å². The number of aliphatic hydroxyl groups is 5. The number of carbonyl (C=O) groups excluding carboxylic acids is 1. The molecule has 2 aromatic carbocycles. The molecule has 0 spiro atoms. The first-order valence-electron chi connectivity index (χ1n) is 19.9. The number of aliphatic hydroxyl groups excluding tert-OH is 5. The Morgan fingerprint density at radius 1 is 0.657 bits per heavy atom. The molecule has 0 saturated carbocycles. The monoisotopic (exact) mass is 970 g/mol. The number of hydrogen-bond acceptors (Lipinski definition) is 14. The van der Waals surface area contributed by atoms with Gasteiger partial charge in [-0.05, 0) is 65.6 Å². The van der Waals surface area contributed by atoms with Crippen molar-refractivity contribution in [2.24, 2.45) is 0 Å². The van der Waals surface area contributed by atoms with Crippen LogP contribution in [0.3, 0.4) is 0 Å². The minimum atomic E-state index is -4.74. The van der Waals surface area contributed by atoms with Gasteiger partial charge in [-0.2, -0.15) is 26.3 Å². The summed E-state index contributed by atoms with van der Waals surface area (Å²) in [5, 5.41) is 49.5. The van der Waals surface area contributed by atoms with Gasteiger partial charge in [-0.1, -0.05) is 24.3 Å². The van der Waals surface area contributed by atoms with E-state index in [1.165, 1.54) is 57.8 Å². The Hall–Kier alpha value is -5.37. The number of nitrogens with zero attached hydrogens (tertiary/aromatic N) is 2. The van der Waals surface area contributed by atoms with Crippen LogP contribution >= 0.6 is 0 Å². The highest BCUT2D eigenvalue weighted by molar-refractivity contribution is 5.59. The summed E-state index contributed by atoms with van der Waals surface area (Å²) in [7, 11) is 2.81. The predicted octanol–water partition coefficient (Wildman–Crippen LogP) is 6.16. The lowest BCUT2D eigenvalue weighted by molar-refractivity contribution is -0.296. The number of aromatic nitrogens is 2. The second kappa shape index (κ2) is 21.3. The zero-order chi connectivity index (χ0) is 49.6. The summed E-state index contributed by atoms with van der Waals surface area (Å²) in [4.78, 5) is 19.5. The summed E-state index contributed by atoms with van der Waals surface area (Å²) in [5.74, 6) is -7.16. The third kappa shape index (κ3) is 12.2. The quantitative estimate of drug-likeness (QED) is 0.0799. The van der Waals surface area contributed by atoms with Gasteiger partial charge >= 0.3 is 30.4 Å². The van der Waals surface area contributed by atoms with E-state index in [9.17, 15) is 74.2 Å². The zero-order valence-corrected chi connectivity index (χ0v) is 35.4. The number of rotatable bonds is 12. The molecule has 4 aromatic rings. The molecule has 67 heavy (non-hydrogen) atoms. The molecule has 8 atom stereocenters. The fraction of sp³-hybridized carbons (Fsp3) is 0.465. The van der Waals surface area contributed by atoms with E-state index in [1.807, 2.05) is 0 Å². The third-order valence-corrected chi connectivity index (χ3v) is 10.7. The van der Waals surface area contributed by atoms with Crippen LogP contribution in [0.5, 0.6) is 11.5 Å². The summed E-state index contributed by atoms with van der Waals surface area (Å²) in [6.07, 6.45) is -25.7. The SMILES string of the molecule is CCOC(=O)OCC1OC(c2ccc(C(F)(F)F)c(Cc3ccc(OC)cn3)c2)C(O)C(O)C1(F)F.COc1ccc(Cc2cc(C3OC(CO)C(F)(F)C(O)C3O)ccc2C(F)(F)F)nc1. The van der Waals surface area contributed by atoms with Crippen molar-refractivity contribution in [2.45, 2.75) is 92.8 Å². The number of hydrogen-bond donors (Lipinski definition) is 5. The van der Waals surface area contributed by atoms with E-state index in [1.54, 1.807) is 0 Å². The van der Waals surface area contributed by atoms with Crippen molar-refractivity contribution in [3.8, 4) is 11.5 Å². The molecule has 5 N–H and O–H groups in total. The molecule has 2 fully saturated rings. The maximum atomic E-state index is 14.6. The molecule has 2 aromatic heterocycles. The van der Waals surface area contributed by atoms with Crippen LogP contribution in [0.15, 0.2) is 73.1 Å². The highest BCUT2D eigenvalue weighted by Gasteiger charge is 2.59. The number of alkyl halides is 10. The van der Waals surface area contributed by atoms with E-state index < -0.39 is 104 Å². The molecule has 4 heterocycles. The molecule has 2 saturated heterocycles. The number of carbonyl (C=O) groups is 1. The van der Waals surface area contributed by atoms with Crippen LogP contribution in [0.4, 0.5) is 48.7 Å². The van der Waals surface area contributed by atoms with E-state index in [2.05, 4.69) is 19.4 Å². The second-order valence-corrected chi connectivity index (χ2v) is 15.0. The van der Waals surface area contributed by atoms with Gasteiger partial charge in [0, 0.05) is 24.2 Å². The lowest BCUT2D eigenvalue weighted by atomic mass is 9.88. The molecule has 14 nitrogen and oxygen atoms in total. The molecule has 2 aliphatic rings. The number of benzene rings is 2. The topological polar surface area (TPSA) is 199 Å². The Balaban J connectivity index is 0.000000254. The number of pyridine rings is 2. The van der Waals surface area contributed by atoms with Crippen molar-refractivity contribution in [2.75, 3.05) is 34.0 Å². The Kier molecular flexibility index (Phi) is 16.7. The van der Waals surface area contributed by atoms with Crippen molar-refractivity contribution < 1.29 is 103 Å². The van der Waals surface area contributed by atoms with Crippen molar-refractivity contribution in [3.05, 3.63) is 118 Å². The Morgan fingerprint density at radius 2 is 1.07 bits per heavy atom. The Bertz CT molecular complexity index is 2270. The lowest BCUT2D eigenvalue weighted by Crippen LogP contribution is -2.60. The van der Waals surface area contributed by atoms with E-state index in [0.29, 0.717) is 11.5 Å². The molecule has 368 valence electrons. The van der Waals surface area contributed by atoms with E-state index in [0.717, 1.165) is 36.4 Å². The van der Waals surface area contributed by atoms with Gasteiger partial charge in [-0.15, -0.1) is 0 Å². The van der Waals surface area contributed by atoms with Gasteiger partial charge in [0.1, 0.15) is 60.8 Å². The Morgan fingerprint density at radius 3 is 1.43 bits per heavy atom. The predicted molar refractivity (Wildman–Crippen MR) is 209 cm³/mol. The van der Waals surface area contributed by atoms with Crippen LogP contribution in [-0.4, -0.2) is 124 Å². The maximum Gasteiger partial charge on any atom is 0.508 e. The standard InChI is InChI=1S/C23H24F5NO7.C20H20F5NO5/c1-3-34-21(32)35-11-17-22(24,25)20(31)18(30)19(36-17)12-4-7-16(23(26,27)28)13(8-12)9-14-5-6-15(33-2)10-29-14;1-30-13-4-3-12(26-8-13)7-11-6-10(2-5-14(11)20(23,24)25)17-16(28)18(29)19(21,22)15(9-27)31-17/h4-8,10,17-20,30-31H,3,9,11H2,1-2H3;2-6,8,15-18,27-29H,7,9H2,1H3. The van der Waals surface area contributed by atoms with Crippen molar-refractivity contribution in [1.29, 1.82) is 0 Å². The van der Waals surface area contributed by atoms with E-state index in [4.69, 9.17) is 18.9 Å². The highest BCUT2D eigenvalue weighted by Crippen LogP contribution is 2.44. The molecular formula is C43H44F10N2O12. The summed E-state index contributed by atoms with van der Waals surface area (Å²) >= 11 is 0. The fourth-order valence-electron chi connectivity index (χ4n) is 7.12. The molecule has 0 radical (unpaired) electrons. The summed E-state index contributed by atoms with van der Waals surface area (Å²) in [6, 6.07) is 11.5. The van der Waals surface area contributed by atoms with Crippen LogP contribution in [0.2, 0.25) is 0 Å². The molecule has 24 heteroatoms. The summed E-state index contributed by atoms with van der Waals surface area (Å²) in [5.41, 5.74) is -2.08. The number of ether oxygens (including phenoxy) is 6. The van der Waals surface area contributed by atoms with Crippen LogP contribution in [-0.2, 0) is 44.1 Å². The molecule has 2 aliphatic heterocycles. The molecular weight excluding hydrogens is 926 g/mol. The first-order valence-corrected chi connectivity index (χ1v) is 19.9. The normalized spacial score (nSPS) is 24.7. The first-order chi connectivity index (χ1) is 31.4. The number of methoxy groups -OCH3 is 2. The Labute approximate surface area is 374 Å². The van der Waals surface area contributed by atoms with Gasteiger partial charge in [0.05, 0.1) is 51.0 Å². The van der Waals surface area contributed by atoms with Gasteiger partial charge in [-0.25, -0.2) is 22.4 Å². The minimum Gasteiger partial charge on any atom is -0.495 e. The fourth-order valence-corrected chi connectivity index (χ4v) is 7.12. The van der Waals surface area contributed by atoms with Crippen LogP contribution in [0.1, 0.15) is 63.9 Å². The summed E-state index contributed by atoms with van der Waals surface area (Å²) < 4.78 is 168. The first kappa shape index (κ1) is 52.6. The molecule has 6 rings (SSSR count). The average Bonchev–Trinajstić information content (AvgIpc) is 3.27.